The van der Waals surface area contributed by atoms with Crippen LogP contribution in [0.2, 0.25) is 5.02 Å². The molecule has 4 aromatic rings. The maximum absolute atomic E-state index is 12.4. The van der Waals surface area contributed by atoms with Crippen molar-refractivity contribution in [3.8, 4) is 0 Å². The number of hydrogen-bond donors (Lipinski definition) is 1. The molecule has 4 rings (SSSR count). The molecule has 29 heavy (non-hydrogen) atoms. The van der Waals surface area contributed by atoms with Crippen molar-refractivity contribution >= 4 is 28.3 Å². The average Bonchev–Trinajstić information content (AvgIpc) is 2.76. The van der Waals surface area contributed by atoms with Gasteiger partial charge < -0.3 is 5.32 Å². The lowest BCUT2D eigenvalue weighted by Gasteiger charge is -2.08. The number of nitrogens with one attached hydrogen (secondary N) is 1. The average molecular weight is 400 g/mol. The zero-order valence-electron chi connectivity index (χ0n) is 15.9. The molecule has 3 aromatic carbocycles. The molecule has 1 radical (unpaired) electrons. The van der Waals surface area contributed by atoms with Crippen molar-refractivity contribution in [2.75, 3.05) is 6.54 Å². The van der Waals surface area contributed by atoms with E-state index in [-0.39, 0.29) is 5.91 Å². The van der Waals surface area contributed by atoms with E-state index in [4.69, 9.17) is 11.6 Å². The Morgan fingerprint density at radius 3 is 2.45 bits per heavy atom. The molecule has 4 heteroatoms. The molecule has 3 nitrogen and oxygen atoms in total. The van der Waals surface area contributed by atoms with Gasteiger partial charge in [-0.25, -0.2) is 0 Å². The number of carbonyl (C=O) groups excluding carboxylic acids is 1. The van der Waals surface area contributed by atoms with Crippen LogP contribution in [0.4, 0.5) is 0 Å². The van der Waals surface area contributed by atoms with Gasteiger partial charge in [0, 0.05) is 41.2 Å². The fraction of sp³-hybridized carbons (Fsp3) is 0.120. The lowest BCUT2D eigenvalue weighted by Crippen LogP contribution is -2.25. The van der Waals surface area contributed by atoms with Crippen molar-refractivity contribution in [3.63, 3.8) is 0 Å². The largest absolute Gasteiger partial charge is 0.352 e. The monoisotopic (exact) mass is 399 g/mol. The van der Waals surface area contributed by atoms with Gasteiger partial charge in [-0.3, -0.25) is 9.78 Å². The molecule has 0 saturated heterocycles. The summed E-state index contributed by atoms with van der Waals surface area (Å²) in [6, 6.07) is 26.7. The first-order chi connectivity index (χ1) is 14.2. The van der Waals surface area contributed by atoms with Crippen LogP contribution in [-0.2, 0) is 12.8 Å². The van der Waals surface area contributed by atoms with Gasteiger partial charge in [0.15, 0.2) is 0 Å². The van der Waals surface area contributed by atoms with Crippen LogP contribution in [0, 0.1) is 6.07 Å². The Labute approximate surface area is 175 Å². The van der Waals surface area contributed by atoms with E-state index in [0.29, 0.717) is 18.5 Å². The van der Waals surface area contributed by atoms with Crippen LogP contribution in [0.15, 0.2) is 79.0 Å². The fourth-order valence-electron chi connectivity index (χ4n) is 3.29. The Morgan fingerprint density at radius 1 is 0.931 bits per heavy atom. The van der Waals surface area contributed by atoms with E-state index in [1.807, 2.05) is 66.7 Å². The number of carbonyl (C=O) groups is 1. The second-order valence-corrected chi connectivity index (χ2v) is 7.34. The minimum absolute atomic E-state index is 0.0663. The Balaban J connectivity index is 1.37. The molecule has 143 valence electrons. The highest BCUT2D eigenvalue weighted by Crippen LogP contribution is 2.19. The lowest BCUT2D eigenvalue weighted by atomic mass is 10.0. The van der Waals surface area contributed by atoms with E-state index in [9.17, 15) is 4.79 Å². The van der Waals surface area contributed by atoms with Crippen molar-refractivity contribution in [2.24, 2.45) is 0 Å². The van der Waals surface area contributed by atoms with Gasteiger partial charge in [0.05, 0.1) is 5.69 Å². The van der Waals surface area contributed by atoms with E-state index in [1.165, 1.54) is 0 Å². The highest BCUT2D eigenvalue weighted by atomic mass is 35.5. The summed E-state index contributed by atoms with van der Waals surface area (Å²) in [5.74, 6) is -0.0663. The first kappa shape index (κ1) is 19.2. The van der Waals surface area contributed by atoms with Crippen molar-refractivity contribution in [1.29, 1.82) is 0 Å². The zero-order chi connectivity index (χ0) is 20.1. The van der Waals surface area contributed by atoms with E-state index >= 15 is 0 Å². The third kappa shape index (κ3) is 4.82. The Bertz CT molecular complexity index is 1120. The number of hydrogen-bond acceptors (Lipinski definition) is 2. The number of pyridine rings is 1. The smallest absolute Gasteiger partial charge is 0.251 e. The third-order valence-electron chi connectivity index (χ3n) is 4.88. The van der Waals surface area contributed by atoms with Gasteiger partial charge >= 0.3 is 0 Å². The number of amides is 1. The number of fused-ring (bicyclic) bond motifs is 1. The van der Waals surface area contributed by atoms with Crippen LogP contribution in [0.5, 0.6) is 0 Å². The Morgan fingerprint density at radius 2 is 1.66 bits per heavy atom. The minimum atomic E-state index is -0.0663. The normalized spacial score (nSPS) is 10.8. The van der Waals surface area contributed by atoms with E-state index in [2.05, 4.69) is 22.4 Å². The summed E-state index contributed by atoms with van der Waals surface area (Å²) in [4.78, 5) is 16.9. The van der Waals surface area contributed by atoms with E-state index in [0.717, 1.165) is 39.0 Å². The van der Waals surface area contributed by atoms with Crippen LogP contribution < -0.4 is 5.32 Å². The summed E-state index contributed by atoms with van der Waals surface area (Å²) in [6.07, 6.45) is 3.21. The molecule has 0 unspecified atom stereocenters. The summed E-state index contributed by atoms with van der Waals surface area (Å²) < 4.78 is 0. The number of nitrogens with zero attached hydrogens (tertiary/aromatic N) is 1. The molecule has 0 fully saturated rings. The van der Waals surface area contributed by atoms with Gasteiger partial charge in [-0.2, -0.15) is 0 Å². The van der Waals surface area contributed by atoms with Crippen LogP contribution >= 0.6 is 11.6 Å². The molecule has 0 atom stereocenters. The van der Waals surface area contributed by atoms with Crippen LogP contribution in [0.25, 0.3) is 10.8 Å². The summed E-state index contributed by atoms with van der Waals surface area (Å²) in [6.45, 7) is 0.582. The summed E-state index contributed by atoms with van der Waals surface area (Å²) in [7, 11) is 0. The van der Waals surface area contributed by atoms with Gasteiger partial charge in [-0.15, -0.1) is 0 Å². The quantitative estimate of drug-likeness (QED) is 0.481. The Kier molecular flexibility index (Phi) is 5.87. The standard InChI is InChI=1S/C25H20ClN2O/c26-22-11-7-18(8-12-22)13-15-28-25(29)21-9-5-19(6-10-21)17-24-23-4-2-1-3-20(23)14-16-27-24/h1-12,16H,13,15,17H2,(H,28,29). The molecule has 1 heterocycles. The van der Waals surface area contributed by atoms with Gasteiger partial charge in [0.2, 0.25) is 0 Å². The zero-order valence-corrected chi connectivity index (χ0v) is 16.6. The highest BCUT2D eigenvalue weighted by molar-refractivity contribution is 6.30. The molecular weight excluding hydrogens is 380 g/mol. The van der Waals surface area contributed by atoms with E-state index in [1.54, 1.807) is 6.20 Å². The molecule has 1 amide bonds. The predicted molar refractivity (Wildman–Crippen MR) is 117 cm³/mol. The molecule has 0 saturated carbocycles. The van der Waals surface area contributed by atoms with Gasteiger partial charge in [-0.1, -0.05) is 60.1 Å². The van der Waals surface area contributed by atoms with Crippen molar-refractivity contribution < 1.29 is 4.79 Å². The number of benzene rings is 3. The van der Waals surface area contributed by atoms with Crippen LogP contribution in [-0.4, -0.2) is 17.4 Å². The maximum Gasteiger partial charge on any atom is 0.251 e. The van der Waals surface area contributed by atoms with Crippen molar-refractivity contribution in [3.05, 3.63) is 112 Å². The third-order valence-corrected chi connectivity index (χ3v) is 5.13. The maximum atomic E-state index is 12.4. The molecule has 1 aromatic heterocycles. The highest BCUT2D eigenvalue weighted by Gasteiger charge is 2.07. The summed E-state index contributed by atoms with van der Waals surface area (Å²) in [5, 5.41) is 5.86. The molecule has 1 N–H and O–H groups in total. The number of aromatic nitrogens is 1. The van der Waals surface area contributed by atoms with Gasteiger partial charge in [-0.05, 0) is 47.2 Å². The first-order valence-electron chi connectivity index (χ1n) is 9.55. The molecular formula is C25H20ClN2O. The van der Waals surface area contributed by atoms with Gasteiger partial charge in [0.1, 0.15) is 0 Å². The van der Waals surface area contributed by atoms with Gasteiger partial charge in [0.25, 0.3) is 5.91 Å². The summed E-state index contributed by atoms with van der Waals surface area (Å²) >= 11 is 5.89. The molecule has 0 aliphatic heterocycles. The number of rotatable bonds is 6. The second-order valence-electron chi connectivity index (χ2n) is 6.90. The second kappa shape index (κ2) is 8.89. The van der Waals surface area contributed by atoms with Crippen LogP contribution in [0.3, 0.4) is 0 Å². The minimum Gasteiger partial charge on any atom is -0.352 e. The molecule has 0 spiro atoms. The molecule has 0 aliphatic rings. The van der Waals surface area contributed by atoms with Crippen molar-refractivity contribution in [2.45, 2.75) is 12.8 Å². The SMILES string of the molecule is O=C(NCCc1ccc(Cl)cc1)c1ccc(Cc2nc[c]c3ccccc23)cc1. The lowest BCUT2D eigenvalue weighted by molar-refractivity contribution is 0.0954. The number of halogens is 1. The fourth-order valence-corrected chi connectivity index (χ4v) is 3.42. The summed E-state index contributed by atoms with van der Waals surface area (Å²) in [5.41, 5.74) is 3.93. The predicted octanol–water partition coefficient (Wildman–Crippen LogP) is 5.25. The topological polar surface area (TPSA) is 42.0 Å². The first-order valence-corrected chi connectivity index (χ1v) is 9.93. The van der Waals surface area contributed by atoms with Crippen LogP contribution in [0.1, 0.15) is 27.2 Å². The molecule has 0 bridgehead atoms. The Hall–Kier alpha value is -3.17. The van der Waals surface area contributed by atoms with Crippen molar-refractivity contribution in [1.82, 2.24) is 10.3 Å². The van der Waals surface area contributed by atoms with E-state index < -0.39 is 0 Å². The molecule has 0 aliphatic carbocycles.